The van der Waals surface area contributed by atoms with Crippen molar-refractivity contribution in [3.63, 3.8) is 0 Å². The van der Waals surface area contributed by atoms with E-state index in [1.165, 1.54) is 0 Å². The minimum Gasteiger partial charge on any atom is -0.378 e. The van der Waals surface area contributed by atoms with E-state index in [9.17, 15) is 0 Å². The Bertz CT molecular complexity index is 197. The van der Waals surface area contributed by atoms with E-state index in [0.29, 0.717) is 0 Å². The lowest BCUT2D eigenvalue weighted by molar-refractivity contribution is 0.527. The van der Waals surface area contributed by atoms with Crippen molar-refractivity contribution in [3.8, 4) is 0 Å². The molecule has 0 radical (unpaired) electrons. The second-order valence-electron chi connectivity index (χ2n) is 2.46. The minimum atomic E-state index is 0.912. The van der Waals surface area contributed by atoms with Crippen LogP contribution in [0.4, 0.5) is 0 Å². The molecule has 0 spiro atoms. The summed E-state index contributed by atoms with van der Waals surface area (Å²) >= 11 is 0. The molecule has 0 heterocycles. The molecule has 60 valence electrons. The SMILES string of the molecule is C=CC=CC(=C)C(=C)N(C)C. The van der Waals surface area contributed by atoms with Crippen molar-refractivity contribution >= 4 is 0 Å². The first-order valence-electron chi connectivity index (χ1n) is 3.44. The molecule has 0 aromatic carbocycles. The van der Waals surface area contributed by atoms with Gasteiger partial charge in [0.25, 0.3) is 0 Å². The van der Waals surface area contributed by atoms with E-state index in [0.717, 1.165) is 11.3 Å². The Morgan fingerprint density at radius 2 is 1.82 bits per heavy atom. The maximum atomic E-state index is 3.85. The normalized spacial score (nSPS) is 9.64. The molecular formula is C10H15N. The van der Waals surface area contributed by atoms with Crippen LogP contribution in [0.15, 0.2) is 49.2 Å². The predicted molar refractivity (Wildman–Crippen MR) is 51.3 cm³/mol. The first-order valence-corrected chi connectivity index (χ1v) is 3.44. The smallest absolute Gasteiger partial charge is 0.0355 e. The molecule has 0 unspecified atom stereocenters. The molecule has 1 nitrogen and oxygen atoms in total. The molecule has 0 atom stereocenters. The van der Waals surface area contributed by atoms with Crippen LogP contribution >= 0.6 is 0 Å². The number of allylic oxidation sites excluding steroid dienone is 3. The van der Waals surface area contributed by atoms with Gasteiger partial charge in [0.2, 0.25) is 0 Å². The van der Waals surface area contributed by atoms with Crippen molar-refractivity contribution in [2.45, 2.75) is 0 Å². The fourth-order valence-electron chi connectivity index (χ4n) is 0.568. The van der Waals surface area contributed by atoms with Crippen LogP contribution in [0.5, 0.6) is 0 Å². The highest BCUT2D eigenvalue weighted by Gasteiger charge is 1.96. The Kier molecular flexibility index (Phi) is 4.04. The van der Waals surface area contributed by atoms with Crippen molar-refractivity contribution in [2.75, 3.05) is 14.1 Å². The summed E-state index contributed by atoms with van der Waals surface area (Å²) in [5, 5.41) is 0. The molecule has 0 aliphatic heterocycles. The molecule has 0 aromatic rings. The van der Waals surface area contributed by atoms with Gasteiger partial charge in [0.05, 0.1) is 0 Å². The first-order chi connectivity index (χ1) is 5.09. The molecule has 0 aliphatic rings. The fraction of sp³-hybridized carbons (Fsp3) is 0.200. The summed E-state index contributed by atoms with van der Waals surface area (Å²) in [5.41, 5.74) is 1.83. The number of nitrogens with zero attached hydrogens (tertiary/aromatic N) is 1. The lowest BCUT2D eigenvalue weighted by Crippen LogP contribution is -2.10. The van der Waals surface area contributed by atoms with Gasteiger partial charge >= 0.3 is 0 Å². The largest absolute Gasteiger partial charge is 0.378 e. The Morgan fingerprint density at radius 1 is 1.27 bits per heavy atom. The van der Waals surface area contributed by atoms with Gasteiger partial charge < -0.3 is 4.90 Å². The Morgan fingerprint density at radius 3 is 2.18 bits per heavy atom. The molecule has 0 amide bonds. The average Bonchev–Trinajstić information content (AvgIpc) is 1.98. The van der Waals surface area contributed by atoms with E-state index >= 15 is 0 Å². The van der Waals surface area contributed by atoms with Crippen LogP contribution in [0, 0.1) is 0 Å². The van der Waals surface area contributed by atoms with E-state index in [2.05, 4.69) is 19.7 Å². The second kappa shape index (κ2) is 4.56. The highest BCUT2D eigenvalue weighted by atomic mass is 15.1. The Hall–Kier alpha value is -1.24. The maximum Gasteiger partial charge on any atom is 0.0355 e. The zero-order valence-corrected chi connectivity index (χ0v) is 7.30. The third-order valence-electron chi connectivity index (χ3n) is 1.34. The summed E-state index contributed by atoms with van der Waals surface area (Å²) in [6, 6.07) is 0. The Labute approximate surface area is 69.0 Å². The number of hydrogen-bond acceptors (Lipinski definition) is 1. The molecular weight excluding hydrogens is 134 g/mol. The summed E-state index contributed by atoms with van der Waals surface area (Å²) in [5.74, 6) is 0. The third kappa shape index (κ3) is 3.46. The van der Waals surface area contributed by atoms with Crippen LogP contribution in [0.25, 0.3) is 0 Å². The quantitative estimate of drug-likeness (QED) is 0.555. The molecule has 0 saturated carbocycles. The van der Waals surface area contributed by atoms with Gasteiger partial charge in [0.15, 0.2) is 0 Å². The summed E-state index contributed by atoms with van der Waals surface area (Å²) in [6.45, 7) is 11.3. The van der Waals surface area contributed by atoms with Gasteiger partial charge in [-0.2, -0.15) is 0 Å². The summed E-state index contributed by atoms with van der Waals surface area (Å²) < 4.78 is 0. The molecule has 0 fully saturated rings. The molecule has 0 N–H and O–H groups in total. The maximum absolute atomic E-state index is 3.85. The standard InChI is InChI=1S/C10H15N/c1-6-7-8-9(2)10(3)11(4)5/h6-8H,1-3H2,4-5H3. The van der Waals surface area contributed by atoms with Crippen LogP contribution in [0.1, 0.15) is 0 Å². The molecule has 0 rings (SSSR count). The topological polar surface area (TPSA) is 3.24 Å². The molecule has 11 heavy (non-hydrogen) atoms. The second-order valence-corrected chi connectivity index (χ2v) is 2.46. The zero-order valence-electron chi connectivity index (χ0n) is 7.30. The first kappa shape index (κ1) is 9.76. The van der Waals surface area contributed by atoms with E-state index in [1.54, 1.807) is 6.08 Å². The van der Waals surface area contributed by atoms with Gasteiger partial charge in [-0.25, -0.2) is 0 Å². The van der Waals surface area contributed by atoms with E-state index in [-0.39, 0.29) is 0 Å². The zero-order chi connectivity index (χ0) is 8.85. The van der Waals surface area contributed by atoms with E-state index < -0.39 is 0 Å². The van der Waals surface area contributed by atoms with Gasteiger partial charge in [0.1, 0.15) is 0 Å². The minimum absolute atomic E-state index is 0.912. The molecule has 0 aromatic heterocycles. The van der Waals surface area contributed by atoms with Crippen molar-refractivity contribution < 1.29 is 0 Å². The van der Waals surface area contributed by atoms with Gasteiger partial charge in [-0.15, -0.1) is 0 Å². The lowest BCUT2D eigenvalue weighted by atomic mass is 10.2. The average molecular weight is 149 g/mol. The predicted octanol–water partition coefficient (Wildman–Crippen LogP) is 2.36. The monoisotopic (exact) mass is 149 g/mol. The van der Waals surface area contributed by atoms with Crippen molar-refractivity contribution in [1.82, 2.24) is 4.90 Å². The summed E-state index contributed by atoms with van der Waals surface area (Å²) in [6.07, 6.45) is 5.44. The molecule has 0 aliphatic carbocycles. The summed E-state index contributed by atoms with van der Waals surface area (Å²) in [4.78, 5) is 1.93. The van der Waals surface area contributed by atoms with Crippen LogP contribution in [0.3, 0.4) is 0 Å². The van der Waals surface area contributed by atoms with Crippen LogP contribution in [-0.4, -0.2) is 19.0 Å². The van der Waals surface area contributed by atoms with Crippen molar-refractivity contribution in [2.24, 2.45) is 0 Å². The number of rotatable bonds is 4. The molecule has 1 heteroatoms. The third-order valence-corrected chi connectivity index (χ3v) is 1.34. The van der Waals surface area contributed by atoms with Gasteiger partial charge in [0, 0.05) is 19.8 Å². The van der Waals surface area contributed by atoms with Crippen LogP contribution in [0.2, 0.25) is 0 Å². The fourth-order valence-corrected chi connectivity index (χ4v) is 0.568. The molecule has 0 bridgehead atoms. The van der Waals surface area contributed by atoms with Gasteiger partial charge in [-0.05, 0) is 5.57 Å². The van der Waals surface area contributed by atoms with Crippen molar-refractivity contribution in [1.29, 1.82) is 0 Å². The number of hydrogen-bond donors (Lipinski definition) is 0. The highest BCUT2D eigenvalue weighted by molar-refractivity contribution is 5.34. The van der Waals surface area contributed by atoms with Crippen molar-refractivity contribution in [3.05, 3.63) is 49.2 Å². The van der Waals surface area contributed by atoms with E-state index in [4.69, 9.17) is 0 Å². The lowest BCUT2D eigenvalue weighted by Gasteiger charge is -2.15. The van der Waals surface area contributed by atoms with Crippen LogP contribution in [-0.2, 0) is 0 Å². The molecule has 0 saturated heterocycles. The summed E-state index contributed by atoms with van der Waals surface area (Å²) in [7, 11) is 3.88. The van der Waals surface area contributed by atoms with Crippen LogP contribution < -0.4 is 0 Å². The van der Waals surface area contributed by atoms with Gasteiger partial charge in [-0.1, -0.05) is 38.0 Å². The number of likely N-dealkylation sites (N-methyl/N-ethyl adjacent to an activating group) is 1. The highest BCUT2D eigenvalue weighted by Crippen LogP contribution is 2.08. The van der Waals surface area contributed by atoms with E-state index in [1.807, 2.05) is 31.1 Å². The Balaban J connectivity index is 4.15. The van der Waals surface area contributed by atoms with Gasteiger partial charge in [-0.3, -0.25) is 0 Å².